The quantitative estimate of drug-likeness (QED) is 0.523. The van der Waals surface area contributed by atoms with Crippen molar-refractivity contribution in [2.24, 2.45) is 0 Å². The third-order valence-electron chi connectivity index (χ3n) is 5.54. The van der Waals surface area contributed by atoms with E-state index in [0.29, 0.717) is 23.4 Å². The molecule has 1 aliphatic heterocycles. The number of hydrogen-bond donors (Lipinski definition) is 1. The fraction of sp³-hybridized carbons (Fsp3) is 0.250. The number of hydrogen-bond acceptors (Lipinski definition) is 3. The van der Waals surface area contributed by atoms with Crippen LogP contribution in [0.3, 0.4) is 0 Å². The number of unbranched alkanes of at least 4 members (excludes halogenated alkanes) is 1. The Morgan fingerprint density at radius 3 is 2.66 bits per heavy atom. The standard InChI is InChI=1S/C24H22BrNO3/c1-2-3-13-26-21-12-11-17(25)14-20(21)24(29,23(26)28)15-22(27)19-10-6-8-16-7-4-5-9-18(16)19/h4-12,14,29H,2-3,13,15H2,1H3/t24-/m0/s1. The number of fused-ring (bicyclic) bond motifs is 2. The van der Waals surface area contributed by atoms with Crippen molar-refractivity contribution in [3.05, 3.63) is 76.3 Å². The predicted molar refractivity (Wildman–Crippen MR) is 118 cm³/mol. The average molecular weight is 452 g/mol. The first-order valence-corrected chi connectivity index (χ1v) is 10.6. The van der Waals surface area contributed by atoms with Crippen LogP contribution in [0.25, 0.3) is 10.8 Å². The summed E-state index contributed by atoms with van der Waals surface area (Å²) in [4.78, 5) is 28.1. The maximum atomic E-state index is 13.2. The maximum absolute atomic E-state index is 13.2. The molecule has 0 fully saturated rings. The van der Waals surface area contributed by atoms with Crippen LogP contribution in [0.4, 0.5) is 5.69 Å². The lowest BCUT2D eigenvalue weighted by atomic mass is 9.87. The number of carbonyl (C=O) groups is 2. The number of rotatable bonds is 6. The van der Waals surface area contributed by atoms with Gasteiger partial charge in [0.05, 0.1) is 12.1 Å². The van der Waals surface area contributed by atoms with Crippen LogP contribution in [-0.2, 0) is 10.4 Å². The summed E-state index contributed by atoms with van der Waals surface area (Å²) >= 11 is 3.43. The van der Waals surface area contributed by atoms with E-state index in [1.165, 1.54) is 0 Å². The van der Waals surface area contributed by atoms with Crippen molar-refractivity contribution in [3.8, 4) is 0 Å². The third-order valence-corrected chi connectivity index (χ3v) is 6.03. The molecular formula is C24H22BrNO3. The smallest absolute Gasteiger partial charge is 0.264 e. The second kappa shape index (κ2) is 7.73. The summed E-state index contributed by atoms with van der Waals surface area (Å²) in [6, 6.07) is 18.6. The zero-order valence-electron chi connectivity index (χ0n) is 16.2. The molecule has 4 rings (SSSR count). The second-order valence-corrected chi connectivity index (χ2v) is 8.37. The van der Waals surface area contributed by atoms with Crippen LogP contribution >= 0.6 is 15.9 Å². The summed E-state index contributed by atoms with van der Waals surface area (Å²) in [6.45, 7) is 2.58. The molecule has 3 aromatic carbocycles. The van der Waals surface area contributed by atoms with Gasteiger partial charge in [-0.2, -0.15) is 0 Å². The Balaban J connectivity index is 1.74. The van der Waals surface area contributed by atoms with E-state index in [0.717, 1.165) is 28.1 Å². The first kappa shape index (κ1) is 19.8. The Hall–Kier alpha value is -2.50. The molecule has 29 heavy (non-hydrogen) atoms. The highest BCUT2D eigenvalue weighted by atomic mass is 79.9. The Morgan fingerprint density at radius 1 is 1.10 bits per heavy atom. The number of halogens is 1. The Bertz CT molecular complexity index is 1100. The van der Waals surface area contributed by atoms with Crippen molar-refractivity contribution in [2.45, 2.75) is 31.8 Å². The summed E-state index contributed by atoms with van der Waals surface area (Å²) in [5.41, 5.74) is -0.171. The van der Waals surface area contributed by atoms with Crippen molar-refractivity contribution in [3.63, 3.8) is 0 Å². The van der Waals surface area contributed by atoms with Crippen LogP contribution in [0.2, 0.25) is 0 Å². The molecule has 1 amide bonds. The lowest BCUT2D eigenvalue weighted by Gasteiger charge is -2.23. The Morgan fingerprint density at radius 2 is 1.86 bits per heavy atom. The minimum Gasteiger partial charge on any atom is -0.375 e. The lowest BCUT2D eigenvalue weighted by Crippen LogP contribution is -2.42. The molecule has 0 spiro atoms. The van der Waals surface area contributed by atoms with E-state index in [1.54, 1.807) is 17.0 Å². The molecule has 1 aliphatic rings. The van der Waals surface area contributed by atoms with Gasteiger partial charge in [0.1, 0.15) is 0 Å². The van der Waals surface area contributed by atoms with Gasteiger partial charge < -0.3 is 10.0 Å². The molecule has 0 aromatic heterocycles. The minimum atomic E-state index is -1.86. The zero-order chi connectivity index (χ0) is 20.6. The third kappa shape index (κ3) is 3.38. The van der Waals surface area contributed by atoms with Crippen LogP contribution in [0, 0.1) is 0 Å². The van der Waals surface area contributed by atoms with Crippen molar-refractivity contribution < 1.29 is 14.7 Å². The number of Topliss-reactive ketones (excluding diaryl/α,β-unsaturated/α-hetero) is 1. The molecule has 1 heterocycles. The first-order valence-electron chi connectivity index (χ1n) is 9.81. The molecule has 0 bridgehead atoms. The summed E-state index contributed by atoms with van der Waals surface area (Å²) in [6.07, 6.45) is 1.48. The maximum Gasteiger partial charge on any atom is 0.264 e. The number of ketones is 1. The van der Waals surface area contributed by atoms with E-state index < -0.39 is 11.5 Å². The van der Waals surface area contributed by atoms with E-state index in [9.17, 15) is 14.7 Å². The molecule has 4 nitrogen and oxygen atoms in total. The number of nitrogens with zero attached hydrogens (tertiary/aromatic N) is 1. The largest absolute Gasteiger partial charge is 0.375 e. The van der Waals surface area contributed by atoms with Crippen molar-refractivity contribution in [1.29, 1.82) is 0 Å². The van der Waals surface area contributed by atoms with Gasteiger partial charge in [-0.3, -0.25) is 9.59 Å². The highest BCUT2D eigenvalue weighted by Gasteiger charge is 2.50. The van der Waals surface area contributed by atoms with Gasteiger partial charge in [-0.25, -0.2) is 0 Å². The first-order chi connectivity index (χ1) is 14.0. The minimum absolute atomic E-state index is 0.249. The molecule has 0 aliphatic carbocycles. The van der Waals surface area contributed by atoms with Crippen LogP contribution in [0.15, 0.2) is 65.1 Å². The fourth-order valence-electron chi connectivity index (χ4n) is 4.03. The van der Waals surface area contributed by atoms with Crippen LogP contribution < -0.4 is 4.90 Å². The molecule has 0 saturated carbocycles. The topological polar surface area (TPSA) is 57.6 Å². The van der Waals surface area contributed by atoms with Crippen LogP contribution in [0.5, 0.6) is 0 Å². The Labute approximate surface area is 178 Å². The van der Waals surface area contributed by atoms with Gasteiger partial charge in [-0.15, -0.1) is 0 Å². The van der Waals surface area contributed by atoms with Gasteiger partial charge in [-0.1, -0.05) is 71.7 Å². The van der Waals surface area contributed by atoms with Gasteiger partial charge in [0.25, 0.3) is 5.91 Å². The van der Waals surface area contributed by atoms with Crippen molar-refractivity contribution >= 4 is 44.1 Å². The van der Waals surface area contributed by atoms with E-state index in [-0.39, 0.29) is 12.2 Å². The normalized spacial score (nSPS) is 18.3. The number of benzene rings is 3. The van der Waals surface area contributed by atoms with Crippen molar-refractivity contribution in [2.75, 3.05) is 11.4 Å². The monoisotopic (exact) mass is 451 g/mol. The summed E-state index contributed by atoms with van der Waals surface area (Å²) in [5, 5.41) is 13.3. The van der Waals surface area contributed by atoms with Crippen LogP contribution in [-0.4, -0.2) is 23.3 Å². The SMILES string of the molecule is CCCCN1C(=O)[C@](O)(CC(=O)c2cccc3ccccc23)c2cc(Br)ccc21. The number of carbonyl (C=O) groups excluding carboxylic acids is 2. The number of amides is 1. The van der Waals surface area contributed by atoms with Gasteiger partial charge in [-0.05, 0) is 35.4 Å². The van der Waals surface area contributed by atoms with E-state index in [2.05, 4.69) is 22.9 Å². The van der Waals surface area contributed by atoms with Crippen LogP contribution in [0.1, 0.15) is 42.1 Å². The molecule has 1 atom stereocenters. The predicted octanol–water partition coefficient (Wildman–Crippen LogP) is 5.21. The van der Waals surface area contributed by atoms with E-state index in [4.69, 9.17) is 0 Å². The van der Waals surface area contributed by atoms with Gasteiger partial charge >= 0.3 is 0 Å². The highest BCUT2D eigenvalue weighted by molar-refractivity contribution is 9.10. The average Bonchev–Trinajstić information content (AvgIpc) is 2.92. The molecule has 3 aromatic rings. The van der Waals surface area contributed by atoms with E-state index >= 15 is 0 Å². The molecular weight excluding hydrogens is 430 g/mol. The van der Waals surface area contributed by atoms with Gasteiger partial charge in [0.15, 0.2) is 11.4 Å². The number of anilines is 1. The van der Waals surface area contributed by atoms with Gasteiger partial charge in [0, 0.05) is 22.1 Å². The fourth-order valence-corrected chi connectivity index (χ4v) is 4.39. The summed E-state index contributed by atoms with van der Waals surface area (Å²) in [5.74, 6) is -0.673. The summed E-state index contributed by atoms with van der Waals surface area (Å²) in [7, 11) is 0. The lowest BCUT2D eigenvalue weighted by molar-refractivity contribution is -0.135. The molecule has 5 heteroatoms. The summed E-state index contributed by atoms with van der Waals surface area (Å²) < 4.78 is 0.762. The Kier molecular flexibility index (Phi) is 5.28. The molecule has 0 radical (unpaired) electrons. The molecule has 1 N–H and O–H groups in total. The van der Waals surface area contributed by atoms with Crippen molar-refractivity contribution in [1.82, 2.24) is 0 Å². The van der Waals surface area contributed by atoms with E-state index in [1.807, 2.05) is 48.5 Å². The zero-order valence-corrected chi connectivity index (χ0v) is 17.8. The molecule has 0 saturated heterocycles. The molecule has 148 valence electrons. The molecule has 0 unspecified atom stereocenters. The number of aliphatic hydroxyl groups is 1. The second-order valence-electron chi connectivity index (χ2n) is 7.46. The van der Waals surface area contributed by atoms with Gasteiger partial charge in [0.2, 0.25) is 0 Å². The highest BCUT2D eigenvalue weighted by Crippen LogP contribution is 2.44.